The maximum Gasteiger partial charge on any atom is 0.270 e. The standard InChI is InChI=1S/C19H19N5O2/c1-3-17-23-18(24-26-17)13-4-6-14-12(9-13)5-7-15(14)22-19(25)16-8-11(2)20-10-21-16/h4,6,8-10,15H,3,5,7H2,1-2H3,(H,22,25). The molecule has 2 aromatic heterocycles. The minimum Gasteiger partial charge on any atom is -0.344 e. The molecular weight excluding hydrogens is 330 g/mol. The lowest BCUT2D eigenvalue weighted by Crippen LogP contribution is -2.28. The van der Waals surface area contributed by atoms with Crippen LogP contribution in [0.3, 0.4) is 0 Å². The molecule has 1 aromatic carbocycles. The van der Waals surface area contributed by atoms with Crippen molar-refractivity contribution in [2.75, 3.05) is 0 Å². The first-order chi connectivity index (χ1) is 12.6. The van der Waals surface area contributed by atoms with Gasteiger partial charge in [0.2, 0.25) is 11.7 Å². The summed E-state index contributed by atoms with van der Waals surface area (Å²) in [5, 5.41) is 7.10. The van der Waals surface area contributed by atoms with Gasteiger partial charge in [-0.2, -0.15) is 4.98 Å². The van der Waals surface area contributed by atoms with Crippen molar-refractivity contribution in [1.29, 1.82) is 0 Å². The first-order valence-corrected chi connectivity index (χ1v) is 8.69. The zero-order valence-electron chi connectivity index (χ0n) is 14.7. The normalized spacial score (nSPS) is 15.7. The fourth-order valence-corrected chi connectivity index (χ4v) is 3.23. The van der Waals surface area contributed by atoms with E-state index in [4.69, 9.17) is 4.52 Å². The topological polar surface area (TPSA) is 93.8 Å². The predicted molar refractivity (Wildman–Crippen MR) is 94.4 cm³/mol. The van der Waals surface area contributed by atoms with E-state index in [1.54, 1.807) is 6.07 Å². The Morgan fingerprint density at radius 1 is 1.31 bits per heavy atom. The van der Waals surface area contributed by atoms with Crippen molar-refractivity contribution in [3.8, 4) is 11.4 Å². The number of carbonyl (C=O) groups is 1. The van der Waals surface area contributed by atoms with Crippen LogP contribution in [0.15, 0.2) is 35.1 Å². The largest absolute Gasteiger partial charge is 0.344 e. The van der Waals surface area contributed by atoms with Crippen molar-refractivity contribution in [3.63, 3.8) is 0 Å². The first-order valence-electron chi connectivity index (χ1n) is 8.69. The van der Waals surface area contributed by atoms with Gasteiger partial charge in [-0.15, -0.1) is 0 Å². The zero-order chi connectivity index (χ0) is 18.1. The summed E-state index contributed by atoms with van der Waals surface area (Å²) in [6.45, 7) is 3.82. The summed E-state index contributed by atoms with van der Waals surface area (Å²) in [5.41, 5.74) is 4.43. The molecule has 0 aliphatic heterocycles. The van der Waals surface area contributed by atoms with E-state index in [1.807, 2.05) is 26.0 Å². The quantitative estimate of drug-likeness (QED) is 0.778. The number of nitrogens with one attached hydrogen (secondary N) is 1. The van der Waals surface area contributed by atoms with E-state index in [9.17, 15) is 4.79 Å². The van der Waals surface area contributed by atoms with Crippen molar-refractivity contribution in [3.05, 3.63) is 59.0 Å². The number of hydrogen-bond donors (Lipinski definition) is 1. The lowest BCUT2D eigenvalue weighted by atomic mass is 10.0. The average Bonchev–Trinajstić information content (AvgIpc) is 3.28. The number of fused-ring (bicyclic) bond motifs is 1. The molecule has 1 amide bonds. The fraction of sp³-hybridized carbons (Fsp3) is 0.316. The summed E-state index contributed by atoms with van der Waals surface area (Å²) in [6, 6.07) is 7.77. The Morgan fingerprint density at radius 2 is 2.19 bits per heavy atom. The summed E-state index contributed by atoms with van der Waals surface area (Å²) in [5.74, 6) is 1.06. The van der Waals surface area contributed by atoms with Gasteiger partial charge in [0.1, 0.15) is 12.0 Å². The number of rotatable bonds is 4. The Labute approximate surface area is 150 Å². The van der Waals surface area contributed by atoms with Crippen LogP contribution in [0.5, 0.6) is 0 Å². The number of amides is 1. The van der Waals surface area contributed by atoms with E-state index in [0.29, 0.717) is 23.8 Å². The summed E-state index contributed by atoms with van der Waals surface area (Å²) in [4.78, 5) is 24.9. The maximum absolute atomic E-state index is 12.5. The summed E-state index contributed by atoms with van der Waals surface area (Å²) in [6.07, 6.45) is 3.89. The van der Waals surface area contributed by atoms with Crippen molar-refractivity contribution >= 4 is 5.91 Å². The van der Waals surface area contributed by atoms with Crippen LogP contribution >= 0.6 is 0 Å². The Kier molecular flexibility index (Phi) is 4.20. The second-order valence-corrected chi connectivity index (χ2v) is 6.39. The maximum atomic E-state index is 12.5. The average molecular weight is 349 g/mol. The van der Waals surface area contributed by atoms with Crippen LogP contribution in [-0.4, -0.2) is 26.0 Å². The number of benzene rings is 1. The van der Waals surface area contributed by atoms with Gasteiger partial charge in [-0.05, 0) is 43.0 Å². The zero-order valence-corrected chi connectivity index (χ0v) is 14.7. The molecule has 2 heterocycles. The Balaban J connectivity index is 1.53. The van der Waals surface area contributed by atoms with Crippen molar-refractivity contribution in [2.45, 2.75) is 39.2 Å². The van der Waals surface area contributed by atoms with Crippen LogP contribution in [0.1, 0.15) is 52.6 Å². The van der Waals surface area contributed by atoms with E-state index in [1.165, 1.54) is 11.9 Å². The van der Waals surface area contributed by atoms with Crippen LogP contribution in [0.25, 0.3) is 11.4 Å². The molecule has 0 fully saturated rings. The van der Waals surface area contributed by atoms with Gasteiger partial charge in [0, 0.05) is 17.7 Å². The van der Waals surface area contributed by atoms with Gasteiger partial charge in [0.25, 0.3) is 5.91 Å². The number of hydrogen-bond acceptors (Lipinski definition) is 6. The molecule has 1 aliphatic carbocycles. The highest BCUT2D eigenvalue weighted by molar-refractivity contribution is 5.92. The van der Waals surface area contributed by atoms with Crippen LogP contribution in [0.2, 0.25) is 0 Å². The highest BCUT2D eigenvalue weighted by Gasteiger charge is 2.25. The van der Waals surface area contributed by atoms with Gasteiger partial charge in [0.15, 0.2) is 0 Å². The second-order valence-electron chi connectivity index (χ2n) is 6.39. The lowest BCUT2D eigenvalue weighted by molar-refractivity contribution is 0.0931. The number of carbonyl (C=O) groups excluding carboxylic acids is 1. The fourth-order valence-electron chi connectivity index (χ4n) is 3.23. The van der Waals surface area contributed by atoms with Crippen molar-refractivity contribution in [1.82, 2.24) is 25.4 Å². The van der Waals surface area contributed by atoms with Gasteiger partial charge in [-0.1, -0.05) is 24.2 Å². The number of aromatic nitrogens is 4. The van der Waals surface area contributed by atoms with Gasteiger partial charge in [0.05, 0.1) is 6.04 Å². The Bertz CT molecular complexity index is 966. The van der Waals surface area contributed by atoms with Crippen LogP contribution in [-0.2, 0) is 12.8 Å². The van der Waals surface area contributed by atoms with Crippen molar-refractivity contribution < 1.29 is 9.32 Å². The Hall–Kier alpha value is -3.09. The van der Waals surface area contributed by atoms with E-state index in [0.717, 1.165) is 29.7 Å². The van der Waals surface area contributed by atoms with E-state index < -0.39 is 0 Å². The molecule has 0 radical (unpaired) electrons. The third-order valence-electron chi connectivity index (χ3n) is 4.59. The van der Waals surface area contributed by atoms with Gasteiger partial charge >= 0.3 is 0 Å². The SMILES string of the molecule is CCc1nc(-c2ccc3c(c2)CCC3NC(=O)c2cc(C)ncn2)no1. The Morgan fingerprint density at radius 3 is 2.96 bits per heavy atom. The van der Waals surface area contributed by atoms with Crippen LogP contribution in [0, 0.1) is 6.92 Å². The summed E-state index contributed by atoms with van der Waals surface area (Å²) >= 11 is 0. The molecule has 0 bridgehead atoms. The predicted octanol–water partition coefficient (Wildman–Crippen LogP) is 2.81. The van der Waals surface area contributed by atoms with E-state index in [-0.39, 0.29) is 11.9 Å². The lowest BCUT2D eigenvalue weighted by Gasteiger charge is -2.14. The molecule has 7 nitrogen and oxygen atoms in total. The molecule has 1 unspecified atom stereocenters. The van der Waals surface area contributed by atoms with Gasteiger partial charge < -0.3 is 9.84 Å². The smallest absolute Gasteiger partial charge is 0.270 e. The minimum absolute atomic E-state index is 0.0155. The molecule has 0 saturated heterocycles. The molecule has 7 heteroatoms. The third kappa shape index (κ3) is 3.08. The highest BCUT2D eigenvalue weighted by Crippen LogP contribution is 2.33. The molecule has 1 atom stereocenters. The third-order valence-corrected chi connectivity index (χ3v) is 4.59. The van der Waals surface area contributed by atoms with Gasteiger partial charge in [-0.25, -0.2) is 9.97 Å². The van der Waals surface area contributed by atoms with Crippen LogP contribution < -0.4 is 5.32 Å². The molecule has 1 N–H and O–H groups in total. The van der Waals surface area contributed by atoms with E-state index in [2.05, 4.69) is 31.5 Å². The van der Waals surface area contributed by atoms with Gasteiger partial charge in [-0.3, -0.25) is 4.79 Å². The summed E-state index contributed by atoms with van der Waals surface area (Å²) < 4.78 is 5.19. The molecule has 4 rings (SSSR count). The second kappa shape index (κ2) is 6.67. The number of aryl methyl sites for hydroxylation is 3. The first kappa shape index (κ1) is 16.4. The molecule has 0 saturated carbocycles. The molecule has 132 valence electrons. The van der Waals surface area contributed by atoms with Crippen molar-refractivity contribution in [2.24, 2.45) is 0 Å². The molecule has 26 heavy (non-hydrogen) atoms. The highest BCUT2D eigenvalue weighted by atomic mass is 16.5. The molecular formula is C19H19N5O2. The molecule has 1 aliphatic rings. The minimum atomic E-state index is -0.178. The van der Waals surface area contributed by atoms with E-state index >= 15 is 0 Å². The molecule has 0 spiro atoms. The monoisotopic (exact) mass is 349 g/mol. The molecule has 3 aromatic rings. The van der Waals surface area contributed by atoms with Crippen LogP contribution in [0.4, 0.5) is 0 Å². The summed E-state index contributed by atoms with van der Waals surface area (Å²) in [7, 11) is 0. The number of nitrogens with zero attached hydrogens (tertiary/aromatic N) is 4.